The van der Waals surface area contributed by atoms with Crippen LogP contribution in [0.5, 0.6) is 0 Å². The normalized spacial score (nSPS) is 16.8. The minimum absolute atomic E-state index is 0.0823. The van der Waals surface area contributed by atoms with Gasteiger partial charge < -0.3 is 5.32 Å². The standard InChI is InChI=1S/C16H14Cl3N/c17-13-3-1-12(2-4-13)16(9-20-10-16)8-11-7-14(18)5-6-15(11)19/h1-7,20H,8-10H2. The van der Waals surface area contributed by atoms with Crippen molar-refractivity contribution in [2.45, 2.75) is 11.8 Å². The largest absolute Gasteiger partial charge is 0.315 e. The maximum Gasteiger partial charge on any atom is 0.0439 e. The molecule has 1 N–H and O–H groups in total. The first kappa shape index (κ1) is 14.2. The predicted molar refractivity (Wildman–Crippen MR) is 86.2 cm³/mol. The van der Waals surface area contributed by atoms with Crippen molar-refractivity contribution in [3.05, 3.63) is 68.7 Å². The molecule has 104 valence electrons. The van der Waals surface area contributed by atoms with Crippen LogP contribution >= 0.6 is 34.8 Å². The molecule has 1 aliphatic heterocycles. The van der Waals surface area contributed by atoms with Crippen molar-refractivity contribution in [2.75, 3.05) is 13.1 Å². The van der Waals surface area contributed by atoms with Crippen LogP contribution in [-0.4, -0.2) is 13.1 Å². The summed E-state index contributed by atoms with van der Waals surface area (Å²) in [5, 5.41) is 5.62. The molecule has 1 fully saturated rings. The molecule has 0 aliphatic carbocycles. The molecule has 1 saturated heterocycles. The van der Waals surface area contributed by atoms with Gasteiger partial charge in [-0.2, -0.15) is 0 Å². The van der Waals surface area contributed by atoms with Crippen molar-refractivity contribution < 1.29 is 0 Å². The Morgan fingerprint density at radius 3 is 2.15 bits per heavy atom. The molecule has 1 nitrogen and oxygen atoms in total. The van der Waals surface area contributed by atoms with E-state index in [1.54, 1.807) is 0 Å². The highest BCUT2D eigenvalue weighted by atomic mass is 35.5. The number of hydrogen-bond acceptors (Lipinski definition) is 1. The first-order valence-electron chi connectivity index (χ1n) is 6.50. The zero-order valence-corrected chi connectivity index (χ0v) is 13.1. The van der Waals surface area contributed by atoms with Crippen molar-refractivity contribution in [2.24, 2.45) is 0 Å². The van der Waals surface area contributed by atoms with Crippen molar-refractivity contribution in [1.82, 2.24) is 5.32 Å². The summed E-state index contributed by atoms with van der Waals surface area (Å²) in [6, 6.07) is 13.7. The molecule has 2 aromatic rings. The Morgan fingerprint density at radius 2 is 1.55 bits per heavy atom. The molecule has 0 bridgehead atoms. The summed E-state index contributed by atoms with van der Waals surface area (Å²) < 4.78 is 0. The van der Waals surface area contributed by atoms with E-state index in [1.165, 1.54) is 5.56 Å². The lowest BCUT2D eigenvalue weighted by molar-refractivity contribution is 0.275. The van der Waals surface area contributed by atoms with Gasteiger partial charge in [0.15, 0.2) is 0 Å². The van der Waals surface area contributed by atoms with Crippen LogP contribution < -0.4 is 5.32 Å². The van der Waals surface area contributed by atoms with E-state index in [9.17, 15) is 0 Å². The highest BCUT2D eigenvalue weighted by Gasteiger charge is 2.39. The number of benzene rings is 2. The van der Waals surface area contributed by atoms with E-state index >= 15 is 0 Å². The van der Waals surface area contributed by atoms with Crippen LogP contribution in [0.2, 0.25) is 15.1 Å². The van der Waals surface area contributed by atoms with Crippen molar-refractivity contribution >= 4 is 34.8 Å². The van der Waals surface area contributed by atoms with E-state index in [-0.39, 0.29) is 5.41 Å². The Kier molecular flexibility index (Phi) is 3.96. The maximum absolute atomic E-state index is 6.30. The van der Waals surface area contributed by atoms with Crippen LogP contribution in [-0.2, 0) is 11.8 Å². The van der Waals surface area contributed by atoms with Gasteiger partial charge in [0.2, 0.25) is 0 Å². The highest BCUT2D eigenvalue weighted by molar-refractivity contribution is 6.33. The van der Waals surface area contributed by atoms with Crippen LogP contribution in [0.3, 0.4) is 0 Å². The van der Waals surface area contributed by atoms with Crippen molar-refractivity contribution in [3.8, 4) is 0 Å². The minimum Gasteiger partial charge on any atom is -0.315 e. The Hall–Kier alpha value is -0.730. The van der Waals surface area contributed by atoms with E-state index < -0.39 is 0 Å². The lowest BCUT2D eigenvalue weighted by Crippen LogP contribution is -2.58. The fraction of sp³-hybridized carbons (Fsp3) is 0.250. The molecule has 4 heteroatoms. The van der Waals surface area contributed by atoms with Crippen LogP contribution in [0.15, 0.2) is 42.5 Å². The average molecular weight is 327 g/mol. The number of rotatable bonds is 3. The fourth-order valence-electron chi connectivity index (χ4n) is 2.70. The molecule has 0 spiro atoms. The van der Waals surface area contributed by atoms with Gasteiger partial charge in [-0.1, -0.05) is 46.9 Å². The van der Waals surface area contributed by atoms with E-state index in [4.69, 9.17) is 34.8 Å². The number of hydrogen-bond donors (Lipinski definition) is 1. The van der Waals surface area contributed by atoms with Crippen LogP contribution in [0.25, 0.3) is 0 Å². The molecular weight excluding hydrogens is 313 g/mol. The SMILES string of the molecule is Clc1ccc(C2(Cc3cc(Cl)ccc3Cl)CNC2)cc1. The quantitative estimate of drug-likeness (QED) is 0.859. The van der Waals surface area contributed by atoms with Gasteiger partial charge in [0.1, 0.15) is 0 Å². The van der Waals surface area contributed by atoms with E-state index in [0.717, 1.165) is 40.1 Å². The summed E-state index contributed by atoms with van der Waals surface area (Å²) in [6.45, 7) is 1.88. The molecule has 0 aromatic heterocycles. The minimum atomic E-state index is 0.0823. The molecule has 1 heterocycles. The molecular formula is C16H14Cl3N. The van der Waals surface area contributed by atoms with Crippen molar-refractivity contribution in [3.63, 3.8) is 0 Å². The van der Waals surface area contributed by atoms with Crippen LogP contribution in [0.1, 0.15) is 11.1 Å². The fourth-order valence-corrected chi connectivity index (χ4v) is 3.21. The van der Waals surface area contributed by atoms with Crippen molar-refractivity contribution in [1.29, 1.82) is 0 Å². The number of nitrogens with one attached hydrogen (secondary N) is 1. The van der Waals surface area contributed by atoms with Crippen LogP contribution in [0.4, 0.5) is 0 Å². The van der Waals surface area contributed by atoms with Gasteiger partial charge in [-0.25, -0.2) is 0 Å². The number of halogens is 3. The summed E-state index contributed by atoms with van der Waals surface area (Å²) in [7, 11) is 0. The molecule has 1 aliphatic rings. The maximum atomic E-state index is 6.30. The molecule has 20 heavy (non-hydrogen) atoms. The zero-order chi connectivity index (χ0) is 14.2. The monoisotopic (exact) mass is 325 g/mol. The summed E-state index contributed by atoms with van der Waals surface area (Å²) in [5.41, 5.74) is 2.46. The summed E-state index contributed by atoms with van der Waals surface area (Å²) in [6.07, 6.45) is 0.876. The third-order valence-electron chi connectivity index (χ3n) is 3.92. The average Bonchev–Trinajstić information content (AvgIpc) is 2.39. The molecule has 0 unspecified atom stereocenters. The van der Waals surface area contributed by atoms with Gasteiger partial charge in [-0.05, 0) is 47.9 Å². The van der Waals surface area contributed by atoms with Gasteiger partial charge in [0.05, 0.1) is 0 Å². The Bertz CT molecular complexity index is 618. The molecule has 2 aromatic carbocycles. The Labute approximate surface area is 133 Å². The second kappa shape index (κ2) is 5.57. The van der Waals surface area contributed by atoms with E-state index in [0.29, 0.717) is 0 Å². The lowest BCUT2D eigenvalue weighted by Gasteiger charge is -2.43. The van der Waals surface area contributed by atoms with Gasteiger partial charge in [-0.3, -0.25) is 0 Å². The molecule has 0 amide bonds. The predicted octanol–water partition coefficient (Wildman–Crippen LogP) is 4.73. The van der Waals surface area contributed by atoms with Gasteiger partial charge in [0, 0.05) is 33.6 Å². The summed E-state index contributed by atoms with van der Waals surface area (Å²) >= 11 is 18.4. The van der Waals surface area contributed by atoms with Gasteiger partial charge >= 0.3 is 0 Å². The second-order valence-electron chi connectivity index (χ2n) is 5.30. The Morgan fingerprint density at radius 1 is 0.900 bits per heavy atom. The zero-order valence-electron chi connectivity index (χ0n) is 10.8. The highest BCUT2D eigenvalue weighted by Crippen LogP contribution is 2.35. The van der Waals surface area contributed by atoms with Gasteiger partial charge in [0.25, 0.3) is 0 Å². The first-order valence-corrected chi connectivity index (χ1v) is 7.63. The molecule has 3 rings (SSSR count). The molecule has 0 atom stereocenters. The summed E-state index contributed by atoms with van der Waals surface area (Å²) in [5.74, 6) is 0. The molecule has 0 saturated carbocycles. The van der Waals surface area contributed by atoms with Gasteiger partial charge in [-0.15, -0.1) is 0 Å². The lowest BCUT2D eigenvalue weighted by atomic mass is 9.71. The smallest absolute Gasteiger partial charge is 0.0439 e. The van der Waals surface area contributed by atoms with E-state index in [2.05, 4.69) is 17.4 Å². The first-order chi connectivity index (χ1) is 9.59. The van der Waals surface area contributed by atoms with Crippen LogP contribution in [0, 0.1) is 0 Å². The summed E-state index contributed by atoms with van der Waals surface area (Å²) in [4.78, 5) is 0. The Balaban J connectivity index is 1.93. The third-order valence-corrected chi connectivity index (χ3v) is 4.78. The second-order valence-corrected chi connectivity index (χ2v) is 6.58. The molecule has 0 radical (unpaired) electrons. The topological polar surface area (TPSA) is 12.0 Å². The third kappa shape index (κ3) is 2.68. The van der Waals surface area contributed by atoms with E-state index in [1.807, 2.05) is 30.3 Å².